The smallest absolute Gasteiger partial charge is 0.268 e. The van der Waals surface area contributed by atoms with Crippen LogP contribution in [0.2, 0.25) is 0 Å². The van der Waals surface area contributed by atoms with Gasteiger partial charge < -0.3 is 15.6 Å². The Bertz CT molecular complexity index is 338. The molecular weight excluding hydrogens is 214 g/mol. The maximum atomic E-state index is 10.6. The van der Waals surface area contributed by atoms with Crippen LogP contribution >= 0.6 is 11.3 Å². The van der Waals surface area contributed by atoms with Crippen molar-refractivity contribution in [1.82, 2.24) is 4.98 Å². The number of carbonyl (C=O) groups is 1. The normalized spacial score (nSPS) is 12.4. The lowest BCUT2D eigenvalue weighted by atomic mass is 10.5. The fourth-order valence-electron chi connectivity index (χ4n) is 0.589. The molecule has 3 N–H and O–H groups in total. The Morgan fingerprint density at radius 1 is 1.85 bits per heavy atom. The monoisotopic (exact) mass is 220 g/mol. The molecule has 1 unspecified atom stereocenters. The van der Waals surface area contributed by atoms with Crippen molar-refractivity contribution in [2.75, 3.05) is 11.2 Å². The first-order valence-electron chi connectivity index (χ1n) is 3.14. The fraction of sp³-hybridized carbons (Fsp3) is 0.200. The summed E-state index contributed by atoms with van der Waals surface area (Å²) >= 11 is -1.05. The highest BCUT2D eigenvalue weighted by Gasteiger charge is 2.05. The quantitative estimate of drug-likeness (QED) is 0.664. The summed E-state index contributed by atoms with van der Waals surface area (Å²) in [6.07, 6.45) is 0. The molecule has 0 saturated carbocycles. The van der Waals surface area contributed by atoms with E-state index in [-0.39, 0.29) is 11.6 Å². The van der Waals surface area contributed by atoms with Gasteiger partial charge in [0.1, 0.15) is 5.69 Å². The first kappa shape index (κ1) is 10.1. The number of rotatable bonds is 4. The Balaban J connectivity index is 2.59. The van der Waals surface area contributed by atoms with E-state index in [1.54, 1.807) is 0 Å². The van der Waals surface area contributed by atoms with Crippen LogP contribution in [0.1, 0.15) is 10.5 Å². The van der Waals surface area contributed by atoms with Crippen molar-refractivity contribution in [3.8, 4) is 0 Å². The third-order valence-electron chi connectivity index (χ3n) is 1.10. The van der Waals surface area contributed by atoms with Gasteiger partial charge in [0.05, 0.1) is 5.88 Å². The molecule has 0 aromatic carbocycles. The van der Waals surface area contributed by atoms with Crippen LogP contribution < -0.4 is 11.1 Å². The zero-order chi connectivity index (χ0) is 9.84. The first-order chi connectivity index (χ1) is 6.09. The molecule has 0 aliphatic rings. The molecule has 8 heteroatoms. The van der Waals surface area contributed by atoms with Gasteiger partial charge >= 0.3 is 0 Å². The topological polar surface area (TPSA) is 108 Å². The summed E-state index contributed by atoms with van der Waals surface area (Å²) in [5.74, 6) is -0.862. The predicted octanol–water partition coefficient (Wildman–Crippen LogP) is -0.510. The van der Waals surface area contributed by atoms with Gasteiger partial charge in [0.15, 0.2) is 5.13 Å². The highest BCUT2D eigenvalue weighted by molar-refractivity contribution is 7.79. The molecule has 0 spiro atoms. The van der Waals surface area contributed by atoms with E-state index in [1.807, 2.05) is 0 Å². The standard InChI is InChI=1S/C5H7N3O3S2/c6-4(9)3-1-12-5(8-3)7-2-13(10)11/h1H,2H2,(H2,6,9)(H,7,8)(H,10,11)/p-1. The molecule has 0 bridgehead atoms. The van der Waals surface area contributed by atoms with E-state index in [2.05, 4.69) is 10.3 Å². The van der Waals surface area contributed by atoms with Gasteiger partial charge in [-0.2, -0.15) is 0 Å². The van der Waals surface area contributed by atoms with Crippen molar-refractivity contribution >= 4 is 33.5 Å². The number of primary amides is 1. The summed E-state index contributed by atoms with van der Waals surface area (Å²) in [6.45, 7) is 0. The average Bonchev–Trinajstić information content (AvgIpc) is 2.48. The lowest BCUT2D eigenvalue weighted by Gasteiger charge is -2.04. The van der Waals surface area contributed by atoms with E-state index in [9.17, 15) is 13.6 Å². The van der Waals surface area contributed by atoms with Gasteiger partial charge in [-0.1, -0.05) is 0 Å². The van der Waals surface area contributed by atoms with Crippen LogP contribution in [0.15, 0.2) is 5.38 Å². The molecular formula is C5H6N3O3S2-. The van der Waals surface area contributed by atoms with E-state index in [1.165, 1.54) is 5.38 Å². The molecule has 1 aromatic heterocycles. The Morgan fingerprint density at radius 2 is 2.54 bits per heavy atom. The zero-order valence-electron chi connectivity index (χ0n) is 6.35. The molecule has 1 aromatic rings. The van der Waals surface area contributed by atoms with Gasteiger partial charge in [-0.15, -0.1) is 11.3 Å². The van der Waals surface area contributed by atoms with Crippen LogP contribution in [0, 0.1) is 0 Å². The molecule has 1 heterocycles. The van der Waals surface area contributed by atoms with E-state index < -0.39 is 17.0 Å². The van der Waals surface area contributed by atoms with Gasteiger partial charge in [0, 0.05) is 5.38 Å². The average molecular weight is 220 g/mol. The van der Waals surface area contributed by atoms with Gasteiger partial charge in [-0.05, 0) is 11.1 Å². The highest BCUT2D eigenvalue weighted by Crippen LogP contribution is 2.14. The van der Waals surface area contributed by atoms with E-state index in [4.69, 9.17) is 5.73 Å². The number of thiazole rings is 1. The number of carbonyl (C=O) groups excluding carboxylic acids is 1. The van der Waals surface area contributed by atoms with Crippen molar-refractivity contribution in [2.45, 2.75) is 0 Å². The molecule has 0 aliphatic heterocycles. The summed E-state index contributed by atoms with van der Waals surface area (Å²) in [5.41, 5.74) is 5.07. The minimum Gasteiger partial charge on any atom is -0.771 e. The Kier molecular flexibility index (Phi) is 3.34. The second-order valence-corrected chi connectivity index (χ2v) is 3.78. The molecule has 1 atom stereocenters. The third-order valence-corrected chi connectivity index (χ3v) is 2.28. The number of nitrogens with zero attached hydrogens (tertiary/aromatic N) is 1. The van der Waals surface area contributed by atoms with Crippen molar-refractivity contribution in [3.05, 3.63) is 11.1 Å². The van der Waals surface area contributed by atoms with Crippen LogP contribution in [-0.4, -0.2) is 25.5 Å². The van der Waals surface area contributed by atoms with E-state index in [0.717, 1.165) is 11.3 Å². The molecule has 0 radical (unpaired) electrons. The van der Waals surface area contributed by atoms with Gasteiger partial charge in [0.2, 0.25) is 0 Å². The van der Waals surface area contributed by atoms with E-state index in [0.29, 0.717) is 5.13 Å². The number of hydrogen-bond acceptors (Lipinski definition) is 6. The number of nitrogens with two attached hydrogens (primary N) is 1. The zero-order valence-corrected chi connectivity index (χ0v) is 7.98. The Morgan fingerprint density at radius 3 is 3.00 bits per heavy atom. The molecule has 0 aliphatic carbocycles. The number of aromatic nitrogens is 1. The maximum absolute atomic E-state index is 10.6. The molecule has 1 amide bonds. The second kappa shape index (κ2) is 4.30. The van der Waals surface area contributed by atoms with Crippen LogP contribution in [-0.2, 0) is 11.1 Å². The third kappa shape index (κ3) is 3.09. The second-order valence-electron chi connectivity index (χ2n) is 2.03. The predicted molar refractivity (Wildman–Crippen MR) is 48.0 cm³/mol. The summed E-state index contributed by atoms with van der Waals surface area (Å²) in [5, 5.41) is 4.32. The summed E-state index contributed by atoms with van der Waals surface area (Å²) < 4.78 is 20.3. The lowest BCUT2D eigenvalue weighted by molar-refractivity contribution is 0.0996. The molecule has 72 valence electrons. The number of anilines is 1. The number of amides is 1. The van der Waals surface area contributed by atoms with Gasteiger partial charge in [0.25, 0.3) is 5.91 Å². The molecule has 0 saturated heterocycles. The summed E-state index contributed by atoms with van der Waals surface area (Å²) in [7, 11) is 0. The van der Waals surface area contributed by atoms with Crippen molar-refractivity contribution in [1.29, 1.82) is 0 Å². The summed E-state index contributed by atoms with van der Waals surface area (Å²) in [6, 6.07) is 0. The first-order valence-corrected chi connectivity index (χ1v) is 5.27. The molecule has 6 nitrogen and oxygen atoms in total. The molecule has 13 heavy (non-hydrogen) atoms. The minimum absolute atomic E-state index is 0.129. The van der Waals surface area contributed by atoms with E-state index >= 15 is 0 Å². The Labute approximate surface area is 80.5 Å². The van der Waals surface area contributed by atoms with Crippen molar-refractivity contribution < 1.29 is 13.6 Å². The van der Waals surface area contributed by atoms with Crippen LogP contribution in [0.4, 0.5) is 5.13 Å². The largest absolute Gasteiger partial charge is 0.771 e. The van der Waals surface area contributed by atoms with Gasteiger partial charge in [-0.25, -0.2) is 4.98 Å². The number of hydrogen-bond donors (Lipinski definition) is 2. The van der Waals surface area contributed by atoms with Crippen molar-refractivity contribution in [2.24, 2.45) is 5.73 Å². The van der Waals surface area contributed by atoms with Gasteiger partial charge in [-0.3, -0.25) is 9.00 Å². The minimum atomic E-state index is -2.18. The van der Waals surface area contributed by atoms with Crippen LogP contribution in [0.3, 0.4) is 0 Å². The number of nitrogens with one attached hydrogen (secondary N) is 1. The fourth-order valence-corrected chi connectivity index (χ4v) is 1.63. The molecule has 1 rings (SSSR count). The maximum Gasteiger partial charge on any atom is 0.268 e. The molecule has 0 fully saturated rings. The van der Waals surface area contributed by atoms with Crippen LogP contribution in [0.25, 0.3) is 0 Å². The lowest BCUT2D eigenvalue weighted by Crippen LogP contribution is -2.12. The van der Waals surface area contributed by atoms with Crippen LogP contribution in [0.5, 0.6) is 0 Å². The summed E-state index contributed by atoms with van der Waals surface area (Å²) in [4.78, 5) is 14.3. The Hall–Kier alpha value is -0.990. The van der Waals surface area contributed by atoms with Crippen molar-refractivity contribution in [3.63, 3.8) is 0 Å². The highest BCUT2D eigenvalue weighted by atomic mass is 32.2. The SMILES string of the molecule is NC(=O)c1csc(NCS(=O)[O-])n1.